The third-order valence-electron chi connectivity index (χ3n) is 4.77. The van der Waals surface area contributed by atoms with Crippen LogP contribution in [0.15, 0.2) is 35.7 Å². The summed E-state index contributed by atoms with van der Waals surface area (Å²) in [5.41, 5.74) is 7.73. The summed E-state index contributed by atoms with van der Waals surface area (Å²) in [6.07, 6.45) is 7.62. The second-order valence-electron chi connectivity index (χ2n) is 6.49. The van der Waals surface area contributed by atoms with Crippen LogP contribution in [0.4, 0.5) is 0 Å². The maximum absolute atomic E-state index is 12.5. The number of amides is 1. The Hall–Kier alpha value is -1.86. The van der Waals surface area contributed by atoms with E-state index in [1.54, 1.807) is 11.8 Å². The summed E-state index contributed by atoms with van der Waals surface area (Å²) < 4.78 is 0. The molecule has 7 heteroatoms. The molecule has 1 unspecified atom stereocenters. The van der Waals surface area contributed by atoms with Crippen LogP contribution in [-0.2, 0) is 5.75 Å². The first-order valence-electron chi connectivity index (χ1n) is 8.84. The number of aromatic amines is 1. The molecule has 2 aromatic rings. The van der Waals surface area contributed by atoms with Gasteiger partial charge in [-0.25, -0.2) is 4.98 Å². The smallest absolute Gasteiger partial charge is 0.251 e. The predicted molar refractivity (Wildman–Crippen MR) is 99.3 cm³/mol. The minimum absolute atomic E-state index is 0.0320. The highest BCUT2D eigenvalue weighted by atomic mass is 32.2. The van der Waals surface area contributed by atoms with Crippen molar-refractivity contribution >= 4 is 17.7 Å². The molecule has 1 saturated carbocycles. The van der Waals surface area contributed by atoms with Gasteiger partial charge in [-0.3, -0.25) is 9.89 Å². The lowest BCUT2D eigenvalue weighted by Gasteiger charge is -2.30. The number of thioether (sulfide) groups is 1. The Kier molecular flexibility index (Phi) is 6.47. The Morgan fingerprint density at radius 2 is 2.04 bits per heavy atom. The first-order chi connectivity index (χ1) is 12.3. The van der Waals surface area contributed by atoms with Gasteiger partial charge >= 0.3 is 0 Å². The van der Waals surface area contributed by atoms with Gasteiger partial charge < -0.3 is 11.1 Å². The van der Waals surface area contributed by atoms with Crippen LogP contribution < -0.4 is 11.1 Å². The van der Waals surface area contributed by atoms with Gasteiger partial charge in [0.05, 0.1) is 0 Å². The zero-order valence-electron chi connectivity index (χ0n) is 14.3. The number of hydrogen-bond donors (Lipinski definition) is 3. The molecule has 0 saturated heterocycles. The summed E-state index contributed by atoms with van der Waals surface area (Å²) in [6.45, 7) is 0.502. The van der Waals surface area contributed by atoms with E-state index in [9.17, 15) is 4.79 Å². The van der Waals surface area contributed by atoms with Gasteiger partial charge in [-0.05, 0) is 36.5 Å². The molecule has 1 aromatic carbocycles. The van der Waals surface area contributed by atoms with Crippen LogP contribution in [-0.4, -0.2) is 33.7 Å². The highest BCUT2D eigenvalue weighted by molar-refractivity contribution is 7.98. The van der Waals surface area contributed by atoms with E-state index >= 15 is 0 Å². The lowest BCUT2D eigenvalue weighted by Crippen LogP contribution is -2.45. The fourth-order valence-electron chi connectivity index (χ4n) is 3.33. The number of rotatable bonds is 7. The van der Waals surface area contributed by atoms with Gasteiger partial charge in [0.2, 0.25) is 0 Å². The fourth-order valence-corrected chi connectivity index (χ4v) is 4.06. The van der Waals surface area contributed by atoms with Gasteiger partial charge in [0.25, 0.3) is 5.91 Å². The fraction of sp³-hybridized carbons (Fsp3) is 0.500. The number of carbonyl (C=O) groups excluding carboxylic acids is 1. The number of hydrogen-bond acceptors (Lipinski definition) is 5. The normalized spacial score (nSPS) is 16.5. The molecule has 1 heterocycles. The van der Waals surface area contributed by atoms with Crippen LogP contribution in [0.25, 0.3) is 0 Å². The number of nitrogens with two attached hydrogens (primary N) is 1. The van der Waals surface area contributed by atoms with Crippen molar-refractivity contribution in [3.63, 3.8) is 0 Å². The van der Waals surface area contributed by atoms with Crippen molar-refractivity contribution in [2.75, 3.05) is 6.54 Å². The van der Waals surface area contributed by atoms with E-state index in [2.05, 4.69) is 20.5 Å². The van der Waals surface area contributed by atoms with Crippen LogP contribution in [0, 0.1) is 5.92 Å². The molecule has 1 amide bonds. The average molecular weight is 359 g/mol. The maximum atomic E-state index is 12.5. The van der Waals surface area contributed by atoms with Crippen molar-refractivity contribution in [3.8, 4) is 0 Å². The van der Waals surface area contributed by atoms with Crippen LogP contribution in [0.5, 0.6) is 0 Å². The van der Waals surface area contributed by atoms with Gasteiger partial charge in [0, 0.05) is 23.9 Å². The lowest BCUT2D eigenvalue weighted by molar-refractivity contribution is 0.0915. The zero-order valence-corrected chi connectivity index (χ0v) is 15.1. The minimum Gasteiger partial charge on any atom is -0.348 e. The van der Waals surface area contributed by atoms with Crippen LogP contribution >= 0.6 is 11.8 Å². The van der Waals surface area contributed by atoms with E-state index in [1.807, 2.05) is 24.3 Å². The standard InChI is InChI=1S/C18H25N5OS/c19-10-16(14-4-2-1-3-5-14)22-17(24)15-8-6-13(7-9-15)11-25-18-20-12-21-23-18/h6-9,12,14,16H,1-5,10-11,19H2,(H,22,24)(H,20,21,23). The van der Waals surface area contributed by atoms with E-state index in [1.165, 1.54) is 38.4 Å². The number of nitrogens with zero attached hydrogens (tertiary/aromatic N) is 2. The number of aromatic nitrogens is 3. The van der Waals surface area contributed by atoms with Crippen molar-refractivity contribution in [1.82, 2.24) is 20.5 Å². The van der Waals surface area contributed by atoms with Gasteiger partial charge in [0.15, 0.2) is 5.16 Å². The van der Waals surface area contributed by atoms with E-state index in [-0.39, 0.29) is 11.9 Å². The Morgan fingerprint density at radius 1 is 1.28 bits per heavy atom. The zero-order chi connectivity index (χ0) is 17.5. The van der Waals surface area contributed by atoms with Crippen molar-refractivity contribution in [2.45, 2.75) is 49.1 Å². The molecule has 25 heavy (non-hydrogen) atoms. The molecule has 0 spiro atoms. The third-order valence-corrected chi connectivity index (χ3v) is 5.72. The summed E-state index contributed by atoms with van der Waals surface area (Å²) in [7, 11) is 0. The molecule has 4 N–H and O–H groups in total. The highest BCUT2D eigenvalue weighted by Crippen LogP contribution is 2.26. The molecule has 0 aliphatic heterocycles. The van der Waals surface area contributed by atoms with Gasteiger partial charge in [-0.15, -0.1) is 0 Å². The van der Waals surface area contributed by atoms with Crippen molar-refractivity contribution in [1.29, 1.82) is 0 Å². The maximum Gasteiger partial charge on any atom is 0.251 e. The topological polar surface area (TPSA) is 96.7 Å². The summed E-state index contributed by atoms with van der Waals surface area (Å²) in [5, 5.41) is 10.6. The number of nitrogens with one attached hydrogen (secondary N) is 2. The minimum atomic E-state index is -0.0320. The van der Waals surface area contributed by atoms with Crippen molar-refractivity contribution < 1.29 is 4.79 Å². The van der Waals surface area contributed by atoms with Gasteiger partial charge in [-0.1, -0.05) is 43.2 Å². The molecule has 134 valence electrons. The van der Waals surface area contributed by atoms with Crippen LogP contribution in [0.1, 0.15) is 48.0 Å². The SMILES string of the molecule is NCC(NC(=O)c1ccc(CSc2ncn[nH]2)cc1)C1CCCCC1. The summed E-state index contributed by atoms with van der Waals surface area (Å²) >= 11 is 1.58. The molecule has 3 rings (SSSR count). The van der Waals surface area contributed by atoms with Gasteiger partial charge in [-0.2, -0.15) is 5.10 Å². The largest absolute Gasteiger partial charge is 0.348 e. The monoisotopic (exact) mass is 359 g/mol. The summed E-state index contributed by atoms with van der Waals surface area (Å²) in [4.78, 5) is 16.6. The van der Waals surface area contributed by atoms with Crippen molar-refractivity contribution in [2.24, 2.45) is 11.7 Å². The quantitative estimate of drug-likeness (QED) is 0.661. The van der Waals surface area contributed by atoms with E-state index in [0.29, 0.717) is 18.0 Å². The molecule has 1 aromatic heterocycles. The van der Waals surface area contributed by atoms with Crippen LogP contribution in [0.3, 0.4) is 0 Å². The number of benzene rings is 1. The Labute approximate surface area is 152 Å². The second-order valence-corrected chi connectivity index (χ2v) is 7.45. The molecular formula is C18H25N5OS. The number of H-pyrrole nitrogens is 1. The molecular weight excluding hydrogens is 334 g/mol. The van der Waals surface area contributed by atoms with E-state index in [4.69, 9.17) is 5.73 Å². The van der Waals surface area contributed by atoms with E-state index < -0.39 is 0 Å². The first-order valence-corrected chi connectivity index (χ1v) is 9.83. The average Bonchev–Trinajstić information content (AvgIpc) is 3.19. The van der Waals surface area contributed by atoms with Gasteiger partial charge in [0.1, 0.15) is 6.33 Å². The Balaban J connectivity index is 1.54. The Bertz CT molecular complexity index is 653. The molecule has 1 aliphatic rings. The number of carbonyl (C=O) groups is 1. The summed E-state index contributed by atoms with van der Waals surface area (Å²) in [6, 6.07) is 7.79. The molecule has 0 bridgehead atoms. The van der Waals surface area contributed by atoms with E-state index in [0.717, 1.165) is 16.5 Å². The predicted octanol–water partition coefficient (Wildman–Crippen LogP) is 2.73. The Morgan fingerprint density at radius 3 is 2.68 bits per heavy atom. The third kappa shape index (κ3) is 5.06. The second kappa shape index (κ2) is 9.01. The summed E-state index contributed by atoms with van der Waals surface area (Å²) in [5.74, 6) is 1.26. The van der Waals surface area contributed by atoms with Crippen molar-refractivity contribution in [3.05, 3.63) is 41.7 Å². The molecule has 1 aliphatic carbocycles. The highest BCUT2D eigenvalue weighted by Gasteiger charge is 2.24. The molecule has 6 nitrogen and oxygen atoms in total. The molecule has 0 radical (unpaired) electrons. The van der Waals surface area contributed by atoms with Crippen LogP contribution in [0.2, 0.25) is 0 Å². The molecule has 1 atom stereocenters. The lowest BCUT2D eigenvalue weighted by atomic mass is 9.84. The first kappa shape index (κ1) is 17.9. The molecule has 1 fully saturated rings.